The van der Waals surface area contributed by atoms with Gasteiger partial charge < -0.3 is 27.9 Å². The van der Waals surface area contributed by atoms with Gasteiger partial charge >= 0.3 is 6.09 Å². The van der Waals surface area contributed by atoms with Crippen LogP contribution in [0.2, 0.25) is 0 Å². The SMILES string of the molecule is Cc1ccc(CN(Cc2cc(C)c(C)o2)C(=O)O[C@H]2C[N+]3(CCCOc4cccc(O)c4)CCC2CC3)o1. The predicted octanol–water partition coefficient (Wildman–Crippen LogP) is 5.72. The highest BCUT2D eigenvalue weighted by atomic mass is 16.6. The van der Waals surface area contributed by atoms with Crippen LogP contribution in [0.15, 0.2) is 51.3 Å². The second-order valence-electron chi connectivity index (χ2n) is 11.0. The molecule has 3 fully saturated rings. The van der Waals surface area contributed by atoms with Gasteiger partial charge in [-0.3, -0.25) is 4.90 Å². The molecule has 1 amide bonds. The molecule has 2 bridgehead atoms. The topological polar surface area (TPSA) is 85.3 Å². The Morgan fingerprint density at radius 2 is 1.84 bits per heavy atom. The number of hydrogen-bond acceptors (Lipinski definition) is 6. The van der Waals surface area contributed by atoms with Crippen LogP contribution in [-0.4, -0.2) is 59.5 Å². The van der Waals surface area contributed by atoms with E-state index in [9.17, 15) is 9.90 Å². The van der Waals surface area contributed by atoms with E-state index >= 15 is 0 Å². The van der Waals surface area contributed by atoms with Crippen LogP contribution in [0.25, 0.3) is 0 Å². The number of phenols is 1. The van der Waals surface area contributed by atoms with Gasteiger partial charge in [-0.15, -0.1) is 0 Å². The van der Waals surface area contributed by atoms with Crippen LogP contribution in [0, 0.1) is 26.7 Å². The van der Waals surface area contributed by atoms with Crippen molar-refractivity contribution in [1.82, 2.24) is 4.90 Å². The van der Waals surface area contributed by atoms with Crippen molar-refractivity contribution in [2.75, 3.05) is 32.8 Å². The summed E-state index contributed by atoms with van der Waals surface area (Å²) in [6.45, 7) is 11.2. The van der Waals surface area contributed by atoms with E-state index in [1.807, 2.05) is 45.0 Å². The van der Waals surface area contributed by atoms with Crippen LogP contribution >= 0.6 is 0 Å². The first-order valence-corrected chi connectivity index (χ1v) is 13.6. The standard InChI is InChI=1S/C30H38N2O6/c1-21-16-28(37-23(21)3)19-31(18-27-9-8-22(2)36-27)30(34)38-29-20-32(13-10-24(29)11-14-32)12-5-15-35-26-7-4-6-25(33)17-26/h4,6-9,16-17,24,29H,5,10-15,18-20H2,1-3H3/p+1/t24?,29-,32?/m0/s1. The number of nitrogens with zero attached hydrogens (tertiary/aromatic N) is 2. The van der Waals surface area contributed by atoms with Gasteiger partial charge in [-0.25, -0.2) is 4.79 Å². The Morgan fingerprint density at radius 3 is 2.53 bits per heavy atom. The Morgan fingerprint density at radius 1 is 1.05 bits per heavy atom. The summed E-state index contributed by atoms with van der Waals surface area (Å²) >= 11 is 0. The van der Waals surface area contributed by atoms with Crippen LogP contribution in [0.1, 0.15) is 47.9 Å². The number of hydrogen-bond donors (Lipinski definition) is 1. The van der Waals surface area contributed by atoms with Gasteiger partial charge in [-0.05, 0) is 56.7 Å². The molecule has 1 atom stereocenters. The molecule has 0 aliphatic carbocycles. The van der Waals surface area contributed by atoms with Gasteiger partial charge in [0.25, 0.3) is 0 Å². The number of benzene rings is 1. The van der Waals surface area contributed by atoms with E-state index in [0.717, 1.165) is 78.5 Å². The second-order valence-corrected chi connectivity index (χ2v) is 11.0. The molecule has 0 spiro atoms. The van der Waals surface area contributed by atoms with E-state index < -0.39 is 0 Å². The van der Waals surface area contributed by atoms with E-state index in [1.54, 1.807) is 23.1 Å². The first-order chi connectivity index (χ1) is 18.3. The summed E-state index contributed by atoms with van der Waals surface area (Å²) in [7, 11) is 0. The molecule has 204 valence electrons. The Bertz CT molecular complexity index is 1220. The van der Waals surface area contributed by atoms with Crippen molar-refractivity contribution in [2.45, 2.75) is 59.2 Å². The first-order valence-electron chi connectivity index (χ1n) is 13.6. The molecule has 8 nitrogen and oxygen atoms in total. The van der Waals surface area contributed by atoms with Crippen LogP contribution in [0.4, 0.5) is 4.79 Å². The van der Waals surface area contributed by atoms with Gasteiger partial charge in [0.2, 0.25) is 0 Å². The Labute approximate surface area is 224 Å². The molecule has 38 heavy (non-hydrogen) atoms. The second kappa shape index (κ2) is 11.2. The Kier molecular flexibility index (Phi) is 7.70. The van der Waals surface area contributed by atoms with Crippen molar-refractivity contribution >= 4 is 6.09 Å². The number of phenolic OH excluding ortho intramolecular Hbond substituents is 1. The lowest BCUT2D eigenvalue weighted by molar-refractivity contribution is -0.946. The normalized spacial score (nSPS) is 22.4. The smallest absolute Gasteiger partial charge is 0.411 e. The number of furan rings is 2. The maximum atomic E-state index is 13.5. The number of amides is 1. The molecule has 0 saturated carbocycles. The van der Waals surface area contributed by atoms with Gasteiger partial charge in [0, 0.05) is 31.2 Å². The van der Waals surface area contributed by atoms with E-state index in [1.165, 1.54) is 0 Å². The fourth-order valence-electron chi connectivity index (χ4n) is 5.90. The zero-order valence-electron chi connectivity index (χ0n) is 22.7. The van der Waals surface area contributed by atoms with E-state index in [0.29, 0.717) is 31.4 Å². The van der Waals surface area contributed by atoms with Gasteiger partial charge in [-0.2, -0.15) is 0 Å². The lowest BCUT2D eigenvalue weighted by Crippen LogP contribution is -2.65. The molecule has 0 unspecified atom stereocenters. The summed E-state index contributed by atoms with van der Waals surface area (Å²) in [4.78, 5) is 15.2. The lowest BCUT2D eigenvalue weighted by Gasteiger charge is -2.52. The summed E-state index contributed by atoms with van der Waals surface area (Å²) in [5.41, 5.74) is 1.07. The summed E-state index contributed by atoms with van der Waals surface area (Å²) in [6, 6.07) is 12.7. The van der Waals surface area contributed by atoms with Crippen LogP contribution < -0.4 is 4.74 Å². The number of rotatable bonds is 10. The monoisotopic (exact) mass is 523 g/mol. The number of aryl methyl sites for hydroxylation is 3. The molecule has 3 aliphatic heterocycles. The van der Waals surface area contributed by atoms with Gasteiger partial charge in [0.05, 0.1) is 39.3 Å². The number of piperidine rings is 3. The Hall–Kier alpha value is -3.39. The highest BCUT2D eigenvalue weighted by molar-refractivity contribution is 5.67. The van der Waals surface area contributed by atoms with Gasteiger partial charge in [0.15, 0.2) is 6.10 Å². The van der Waals surface area contributed by atoms with Crippen molar-refractivity contribution in [3.8, 4) is 11.5 Å². The largest absolute Gasteiger partial charge is 0.508 e. The minimum atomic E-state index is -0.324. The molecule has 3 aromatic rings. The molecule has 8 heteroatoms. The van der Waals surface area contributed by atoms with E-state index in [-0.39, 0.29) is 17.9 Å². The zero-order chi connectivity index (χ0) is 26.7. The minimum absolute atomic E-state index is 0.0992. The Balaban J connectivity index is 1.20. The number of fused-ring (bicyclic) bond motifs is 3. The fourth-order valence-corrected chi connectivity index (χ4v) is 5.90. The fraction of sp³-hybridized carbons (Fsp3) is 0.500. The maximum absolute atomic E-state index is 13.5. The average Bonchev–Trinajstić information content (AvgIpc) is 3.45. The summed E-state index contributed by atoms with van der Waals surface area (Å²) in [5.74, 6) is 4.44. The number of carbonyl (C=O) groups excluding carboxylic acids is 1. The van der Waals surface area contributed by atoms with Crippen LogP contribution in [0.5, 0.6) is 11.5 Å². The average molecular weight is 524 g/mol. The molecule has 1 N–H and O–H groups in total. The molecule has 1 aromatic carbocycles. The molecule has 2 aromatic heterocycles. The number of ether oxygens (including phenoxy) is 2. The summed E-state index contributed by atoms with van der Waals surface area (Å²) in [6.07, 6.45) is 2.62. The highest BCUT2D eigenvalue weighted by Crippen LogP contribution is 2.36. The third kappa shape index (κ3) is 6.18. The number of carbonyl (C=O) groups is 1. The highest BCUT2D eigenvalue weighted by Gasteiger charge is 2.47. The van der Waals surface area contributed by atoms with Gasteiger partial charge in [-0.1, -0.05) is 6.07 Å². The third-order valence-electron chi connectivity index (χ3n) is 8.12. The van der Waals surface area contributed by atoms with Crippen molar-refractivity contribution in [1.29, 1.82) is 0 Å². The minimum Gasteiger partial charge on any atom is -0.508 e. The quantitative estimate of drug-likeness (QED) is 0.270. The van der Waals surface area contributed by atoms with Crippen LogP contribution in [-0.2, 0) is 17.8 Å². The van der Waals surface area contributed by atoms with E-state index in [2.05, 4.69) is 0 Å². The molecule has 5 heterocycles. The molecular weight excluding hydrogens is 484 g/mol. The summed E-state index contributed by atoms with van der Waals surface area (Å²) in [5, 5.41) is 9.64. The van der Waals surface area contributed by atoms with Crippen molar-refractivity contribution in [3.05, 3.63) is 71.1 Å². The maximum Gasteiger partial charge on any atom is 0.411 e. The van der Waals surface area contributed by atoms with E-state index in [4.69, 9.17) is 18.3 Å². The molecule has 6 rings (SSSR count). The van der Waals surface area contributed by atoms with Crippen LogP contribution in [0.3, 0.4) is 0 Å². The lowest BCUT2D eigenvalue weighted by atomic mass is 9.83. The predicted molar refractivity (Wildman–Crippen MR) is 142 cm³/mol. The summed E-state index contributed by atoms with van der Waals surface area (Å²) < 4.78 is 24.7. The number of aromatic hydroxyl groups is 1. The van der Waals surface area contributed by atoms with Crippen molar-refractivity contribution < 1.29 is 32.7 Å². The van der Waals surface area contributed by atoms with Gasteiger partial charge in [0.1, 0.15) is 41.1 Å². The third-order valence-corrected chi connectivity index (χ3v) is 8.12. The molecule has 0 radical (unpaired) electrons. The molecular formula is C30H39N2O6+. The number of quaternary nitrogens is 1. The first kappa shape index (κ1) is 26.2. The zero-order valence-corrected chi connectivity index (χ0v) is 22.7. The van der Waals surface area contributed by atoms with Crippen molar-refractivity contribution in [3.63, 3.8) is 0 Å². The molecule has 3 aliphatic rings. The molecule has 3 saturated heterocycles. The van der Waals surface area contributed by atoms with Crippen molar-refractivity contribution in [2.24, 2.45) is 5.92 Å².